The van der Waals surface area contributed by atoms with E-state index >= 15 is 0 Å². The summed E-state index contributed by atoms with van der Waals surface area (Å²) in [7, 11) is 0. The zero-order valence-corrected chi connectivity index (χ0v) is 12.1. The minimum atomic E-state index is -0.410. The third kappa shape index (κ3) is 7.31. The molecule has 1 nitrogen and oxygen atoms in total. The van der Waals surface area contributed by atoms with E-state index in [0.29, 0.717) is 12.0 Å². The standard InChI is InChI=1S/C17H27FO/c1-2-3-4-5-6-7-8-12-16(19)14-15-11-9-10-13-17(15)18/h9-11,13,16,19H,2-8,12,14H2,1H3. The fraction of sp³-hybridized carbons (Fsp3) is 0.647. The van der Waals surface area contributed by atoms with Crippen molar-refractivity contribution in [2.24, 2.45) is 0 Å². The molecule has 0 aliphatic heterocycles. The Morgan fingerprint density at radius 1 is 1.00 bits per heavy atom. The largest absolute Gasteiger partial charge is 0.393 e. The molecule has 0 spiro atoms. The Labute approximate surface area is 116 Å². The second kappa shape index (κ2) is 9.96. The van der Waals surface area contributed by atoms with E-state index in [9.17, 15) is 9.50 Å². The van der Waals surface area contributed by atoms with Crippen LogP contribution in [0.4, 0.5) is 4.39 Å². The number of hydrogen-bond acceptors (Lipinski definition) is 1. The molecule has 0 saturated carbocycles. The third-order valence-electron chi connectivity index (χ3n) is 3.55. The van der Waals surface area contributed by atoms with Crippen molar-refractivity contribution < 1.29 is 9.50 Å². The van der Waals surface area contributed by atoms with Crippen LogP contribution in [0.1, 0.15) is 63.9 Å². The van der Waals surface area contributed by atoms with Crippen LogP contribution in [0.3, 0.4) is 0 Å². The predicted octanol–water partition coefficient (Wildman–Crippen LogP) is 4.87. The molecule has 0 aliphatic rings. The van der Waals surface area contributed by atoms with E-state index in [2.05, 4.69) is 6.92 Å². The van der Waals surface area contributed by atoms with Gasteiger partial charge in [0.05, 0.1) is 6.10 Å². The quantitative estimate of drug-likeness (QED) is 0.599. The van der Waals surface area contributed by atoms with E-state index in [-0.39, 0.29) is 5.82 Å². The maximum atomic E-state index is 13.4. The Kier molecular flexibility index (Phi) is 8.48. The zero-order valence-electron chi connectivity index (χ0n) is 12.1. The van der Waals surface area contributed by atoms with Crippen molar-refractivity contribution in [1.82, 2.24) is 0 Å². The molecule has 0 fully saturated rings. The number of hydrogen-bond donors (Lipinski definition) is 1. The van der Waals surface area contributed by atoms with E-state index in [4.69, 9.17) is 0 Å². The van der Waals surface area contributed by atoms with E-state index in [1.165, 1.54) is 44.6 Å². The van der Waals surface area contributed by atoms with Gasteiger partial charge in [-0.25, -0.2) is 4.39 Å². The molecule has 1 aromatic carbocycles. The molecule has 0 amide bonds. The maximum Gasteiger partial charge on any atom is 0.126 e. The van der Waals surface area contributed by atoms with Crippen molar-refractivity contribution in [3.05, 3.63) is 35.6 Å². The molecule has 0 bridgehead atoms. The van der Waals surface area contributed by atoms with E-state index < -0.39 is 6.10 Å². The SMILES string of the molecule is CCCCCCCCCC(O)Cc1ccccc1F. The predicted molar refractivity (Wildman–Crippen MR) is 78.7 cm³/mol. The minimum absolute atomic E-state index is 0.207. The summed E-state index contributed by atoms with van der Waals surface area (Å²) in [6.45, 7) is 2.22. The number of rotatable bonds is 10. The van der Waals surface area contributed by atoms with Crippen LogP contribution in [-0.2, 0) is 6.42 Å². The average Bonchev–Trinajstić information content (AvgIpc) is 2.40. The fourth-order valence-electron chi connectivity index (χ4n) is 2.36. The van der Waals surface area contributed by atoms with Gasteiger partial charge in [-0.15, -0.1) is 0 Å². The number of aliphatic hydroxyl groups excluding tert-OH is 1. The second-order valence-corrected chi connectivity index (χ2v) is 5.36. The van der Waals surface area contributed by atoms with Gasteiger partial charge in [0.25, 0.3) is 0 Å². The number of unbranched alkanes of at least 4 members (excludes halogenated alkanes) is 6. The average molecular weight is 266 g/mol. The Morgan fingerprint density at radius 3 is 2.32 bits per heavy atom. The van der Waals surface area contributed by atoms with Crippen molar-refractivity contribution in [2.45, 2.75) is 70.8 Å². The molecule has 1 rings (SSSR count). The van der Waals surface area contributed by atoms with E-state index in [1.54, 1.807) is 12.1 Å². The first-order valence-electron chi connectivity index (χ1n) is 7.65. The fourth-order valence-corrected chi connectivity index (χ4v) is 2.36. The van der Waals surface area contributed by atoms with Crippen LogP contribution >= 0.6 is 0 Å². The minimum Gasteiger partial charge on any atom is -0.393 e. The molecule has 2 heteroatoms. The second-order valence-electron chi connectivity index (χ2n) is 5.36. The molecule has 0 aliphatic carbocycles. The van der Waals surface area contributed by atoms with Crippen LogP contribution in [0, 0.1) is 5.82 Å². The molecule has 19 heavy (non-hydrogen) atoms. The van der Waals surface area contributed by atoms with Gasteiger partial charge in [0.1, 0.15) is 5.82 Å². The molecule has 1 aromatic rings. The third-order valence-corrected chi connectivity index (χ3v) is 3.55. The highest BCUT2D eigenvalue weighted by atomic mass is 19.1. The van der Waals surface area contributed by atoms with E-state index in [0.717, 1.165) is 12.8 Å². The number of benzene rings is 1. The smallest absolute Gasteiger partial charge is 0.126 e. The first kappa shape index (κ1) is 16.2. The van der Waals surface area contributed by atoms with Crippen LogP contribution in [0.25, 0.3) is 0 Å². The summed E-state index contributed by atoms with van der Waals surface area (Å²) in [6, 6.07) is 6.71. The summed E-state index contributed by atoms with van der Waals surface area (Å²) in [5, 5.41) is 9.90. The molecule has 0 heterocycles. The highest BCUT2D eigenvalue weighted by molar-refractivity contribution is 5.17. The summed E-state index contributed by atoms with van der Waals surface area (Å²) >= 11 is 0. The molecular formula is C17H27FO. The summed E-state index contributed by atoms with van der Waals surface area (Å²) in [5.41, 5.74) is 0.623. The van der Waals surface area contributed by atoms with Crippen LogP contribution in [0.2, 0.25) is 0 Å². The van der Waals surface area contributed by atoms with Crippen LogP contribution < -0.4 is 0 Å². The summed E-state index contributed by atoms with van der Waals surface area (Å²) in [6.07, 6.45) is 9.52. The van der Waals surface area contributed by atoms with Gasteiger partial charge >= 0.3 is 0 Å². The molecule has 1 N–H and O–H groups in total. The lowest BCUT2D eigenvalue weighted by Crippen LogP contribution is -2.11. The van der Waals surface area contributed by atoms with Crippen molar-refractivity contribution in [2.75, 3.05) is 0 Å². The number of halogens is 1. The van der Waals surface area contributed by atoms with Crippen molar-refractivity contribution in [1.29, 1.82) is 0 Å². The van der Waals surface area contributed by atoms with Gasteiger partial charge in [-0.1, -0.05) is 70.1 Å². The first-order chi connectivity index (χ1) is 9.24. The normalized spacial score (nSPS) is 12.6. The summed E-state index contributed by atoms with van der Waals surface area (Å²) in [4.78, 5) is 0. The lowest BCUT2D eigenvalue weighted by Gasteiger charge is -2.11. The summed E-state index contributed by atoms with van der Waals surface area (Å²) in [5.74, 6) is -0.207. The molecule has 0 aromatic heterocycles. The van der Waals surface area contributed by atoms with Gasteiger partial charge in [0.2, 0.25) is 0 Å². The van der Waals surface area contributed by atoms with Crippen LogP contribution in [0.5, 0.6) is 0 Å². The van der Waals surface area contributed by atoms with Crippen LogP contribution in [0.15, 0.2) is 24.3 Å². The monoisotopic (exact) mass is 266 g/mol. The Balaban J connectivity index is 2.08. The maximum absolute atomic E-state index is 13.4. The topological polar surface area (TPSA) is 20.2 Å². The van der Waals surface area contributed by atoms with Gasteiger partial charge in [0.15, 0.2) is 0 Å². The molecule has 1 unspecified atom stereocenters. The van der Waals surface area contributed by atoms with Crippen molar-refractivity contribution >= 4 is 0 Å². The molecular weight excluding hydrogens is 239 g/mol. The lowest BCUT2D eigenvalue weighted by atomic mass is 10.0. The van der Waals surface area contributed by atoms with Gasteiger partial charge in [-0.2, -0.15) is 0 Å². The van der Waals surface area contributed by atoms with Crippen molar-refractivity contribution in [3.8, 4) is 0 Å². The molecule has 1 atom stereocenters. The lowest BCUT2D eigenvalue weighted by molar-refractivity contribution is 0.159. The van der Waals surface area contributed by atoms with Crippen molar-refractivity contribution in [3.63, 3.8) is 0 Å². The van der Waals surface area contributed by atoms with Gasteiger partial charge in [0, 0.05) is 6.42 Å². The van der Waals surface area contributed by atoms with Crippen LogP contribution in [-0.4, -0.2) is 11.2 Å². The van der Waals surface area contributed by atoms with E-state index in [1.807, 2.05) is 6.07 Å². The highest BCUT2D eigenvalue weighted by Gasteiger charge is 2.08. The molecule has 0 radical (unpaired) electrons. The highest BCUT2D eigenvalue weighted by Crippen LogP contribution is 2.14. The molecule has 0 saturated heterocycles. The Hall–Kier alpha value is -0.890. The Morgan fingerprint density at radius 2 is 1.63 bits per heavy atom. The first-order valence-corrected chi connectivity index (χ1v) is 7.65. The number of aliphatic hydroxyl groups is 1. The van der Waals surface area contributed by atoms with Gasteiger partial charge < -0.3 is 5.11 Å². The molecule has 108 valence electrons. The Bertz CT molecular complexity index is 338. The van der Waals surface area contributed by atoms with Gasteiger partial charge in [-0.3, -0.25) is 0 Å². The van der Waals surface area contributed by atoms with Gasteiger partial charge in [-0.05, 0) is 18.1 Å². The summed E-state index contributed by atoms with van der Waals surface area (Å²) < 4.78 is 13.4. The zero-order chi connectivity index (χ0) is 13.9.